The molecule has 3 rings (SSSR count). The molecule has 0 bridgehead atoms. The average Bonchev–Trinajstić information content (AvgIpc) is 3.01. The molecular formula is C10H13N5OS. The van der Waals surface area contributed by atoms with Crippen LogP contribution in [0.15, 0.2) is 9.90 Å². The second-order valence-corrected chi connectivity index (χ2v) is 5.04. The summed E-state index contributed by atoms with van der Waals surface area (Å²) >= 11 is 1.26. The summed E-state index contributed by atoms with van der Waals surface area (Å²) in [5.41, 5.74) is 6.52. The summed E-state index contributed by atoms with van der Waals surface area (Å²) in [6, 6.07) is 0. The molecule has 2 N–H and O–H groups in total. The van der Waals surface area contributed by atoms with Crippen LogP contribution in [0.3, 0.4) is 0 Å². The van der Waals surface area contributed by atoms with E-state index in [-0.39, 0.29) is 0 Å². The van der Waals surface area contributed by atoms with Gasteiger partial charge in [-0.25, -0.2) is 0 Å². The fourth-order valence-electron chi connectivity index (χ4n) is 2.19. The highest BCUT2D eigenvalue weighted by molar-refractivity contribution is 7.03. The lowest BCUT2D eigenvalue weighted by Gasteiger charge is -2.29. The summed E-state index contributed by atoms with van der Waals surface area (Å²) in [5.74, 6) is 1.00. The van der Waals surface area contributed by atoms with Gasteiger partial charge in [-0.3, -0.25) is 0 Å². The molecular weight excluding hydrogens is 238 g/mol. The number of hydrogen-bond donors (Lipinski definition) is 1. The topological polar surface area (TPSA) is 90.7 Å². The zero-order chi connectivity index (χ0) is 11.7. The molecule has 0 unspecified atom stereocenters. The normalized spacial score (nSPS) is 19.4. The van der Waals surface area contributed by atoms with Gasteiger partial charge in [-0.05, 0) is 24.4 Å². The molecule has 0 amide bonds. The Labute approximate surface area is 102 Å². The molecule has 1 fully saturated rings. The molecule has 1 aliphatic rings. The highest BCUT2D eigenvalue weighted by Crippen LogP contribution is 2.33. The van der Waals surface area contributed by atoms with Crippen molar-refractivity contribution in [3.63, 3.8) is 0 Å². The Morgan fingerprint density at radius 1 is 1.29 bits per heavy atom. The molecule has 90 valence electrons. The monoisotopic (exact) mass is 251 g/mol. The Morgan fingerprint density at radius 3 is 2.82 bits per heavy atom. The maximum Gasteiger partial charge on any atom is 0.279 e. The van der Waals surface area contributed by atoms with Gasteiger partial charge in [0.15, 0.2) is 11.5 Å². The molecule has 2 aromatic heterocycles. The first kappa shape index (κ1) is 10.8. The molecule has 2 heterocycles. The third kappa shape index (κ3) is 1.96. The summed E-state index contributed by atoms with van der Waals surface area (Å²) < 4.78 is 8.96. The summed E-state index contributed by atoms with van der Waals surface area (Å²) in [5, 5.41) is 9.67. The van der Waals surface area contributed by atoms with E-state index in [1.807, 2.05) is 0 Å². The molecule has 0 saturated heterocycles. The van der Waals surface area contributed by atoms with Gasteiger partial charge in [-0.15, -0.1) is 5.10 Å². The van der Waals surface area contributed by atoms with Crippen LogP contribution >= 0.6 is 11.5 Å². The molecule has 2 aromatic rings. The fourth-order valence-corrected chi connectivity index (χ4v) is 2.62. The van der Waals surface area contributed by atoms with Gasteiger partial charge in [-0.1, -0.05) is 28.9 Å². The van der Waals surface area contributed by atoms with Crippen LogP contribution in [0.25, 0.3) is 11.6 Å². The van der Waals surface area contributed by atoms with E-state index in [9.17, 15) is 0 Å². The fraction of sp³-hybridized carbons (Fsp3) is 0.600. The van der Waals surface area contributed by atoms with E-state index in [0.29, 0.717) is 17.4 Å². The lowest BCUT2D eigenvalue weighted by molar-refractivity contribution is 0.275. The minimum absolute atomic E-state index is 0.407. The lowest BCUT2D eigenvalue weighted by atomic mass is 9.82. The van der Waals surface area contributed by atoms with Gasteiger partial charge in [0, 0.05) is 5.38 Å². The SMILES string of the molecule is NC1(c2noc(-c3csnn3)n2)CCCCC1. The van der Waals surface area contributed by atoms with Gasteiger partial charge >= 0.3 is 0 Å². The molecule has 7 heteroatoms. The number of rotatable bonds is 2. The van der Waals surface area contributed by atoms with Crippen LogP contribution < -0.4 is 5.73 Å². The van der Waals surface area contributed by atoms with Crippen molar-refractivity contribution in [1.29, 1.82) is 0 Å². The smallest absolute Gasteiger partial charge is 0.279 e. The van der Waals surface area contributed by atoms with Crippen molar-refractivity contribution >= 4 is 11.5 Å². The minimum Gasteiger partial charge on any atom is -0.332 e. The standard InChI is InChI=1S/C10H13N5OS/c11-10(4-2-1-3-5-10)9-12-8(16-14-9)7-6-17-15-13-7/h6H,1-5,11H2. The minimum atomic E-state index is -0.427. The van der Waals surface area contributed by atoms with Crippen LogP contribution in [-0.4, -0.2) is 19.7 Å². The van der Waals surface area contributed by atoms with E-state index in [2.05, 4.69) is 19.7 Å². The Morgan fingerprint density at radius 2 is 2.12 bits per heavy atom. The van der Waals surface area contributed by atoms with E-state index in [4.69, 9.17) is 10.3 Å². The van der Waals surface area contributed by atoms with Gasteiger partial charge in [-0.2, -0.15) is 4.98 Å². The summed E-state index contributed by atoms with van der Waals surface area (Å²) in [6.45, 7) is 0. The third-order valence-corrected chi connectivity index (χ3v) is 3.70. The van der Waals surface area contributed by atoms with E-state index in [0.717, 1.165) is 25.7 Å². The molecule has 0 spiro atoms. The van der Waals surface area contributed by atoms with E-state index in [1.165, 1.54) is 18.0 Å². The largest absolute Gasteiger partial charge is 0.332 e. The highest BCUT2D eigenvalue weighted by Gasteiger charge is 2.34. The van der Waals surface area contributed by atoms with Crippen LogP contribution in [0, 0.1) is 0 Å². The Bertz CT molecular complexity index is 489. The van der Waals surface area contributed by atoms with Crippen molar-refractivity contribution in [2.45, 2.75) is 37.6 Å². The van der Waals surface area contributed by atoms with Gasteiger partial charge in [0.05, 0.1) is 5.54 Å². The summed E-state index contributed by atoms with van der Waals surface area (Å²) in [7, 11) is 0. The molecule has 6 nitrogen and oxygen atoms in total. The molecule has 0 radical (unpaired) electrons. The summed E-state index contributed by atoms with van der Waals surface area (Å²) in [4.78, 5) is 4.35. The second-order valence-electron chi connectivity index (χ2n) is 4.43. The molecule has 17 heavy (non-hydrogen) atoms. The van der Waals surface area contributed by atoms with Gasteiger partial charge in [0.1, 0.15) is 0 Å². The number of nitrogens with two attached hydrogens (primary N) is 1. The summed E-state index contributed by atoms with van der Waals surface area (Å²) in [6.07, 6.45) is 5.32. The number of nitrogens with zero attached hydrogens (tertiary/aromatic N) is 4. The molecule has 0 aliphatic heterocycles. The maximum absolute atomic E-state index is 6.33. The average molecular weight is 251 g/mol. The first-order chi connectivity index (χ1) is 8.28. The van der Waals surface area contributed by atoms with Gasteiger partial charge in [0.25, 0.3) is 5.89 Å². The van der Waals surface area contributed by atoms with Crippen LogP contribution in [0.5, 0.6) is 0 Å². The van der Waals surface area contributed by atoms with Crippen LogP contribution in [0.2, 0.25) is 0 Å². The highest BCUT2D eigenvalue weighted by atomic mass is 32.1. The van der Waals surface area contributed by atoms with Gasteiger partial charge in [0.2, 0.25) is 0 Å². The van der Waals surface area contributed by atoms with Gasteiger partial charge < -0.3 is 10.3 Å². The predicted octanol–water partition coefficient (Wildman–Crippen LogP) is 1.71. The van der Waals surface area contributed by atoms with Crippen molar-refractivity contribution in [1.82, 2.24) is 19.7 Å². The van der Waals surface area contributed by atoms with Crippen molar-refractivity contribution in [3.8, 4) is 11.6 Å². The predicted molar refractivity (Wildman–Crippen MR) is 62.2 cm³/mol. The second kappa shape index (κ2) is 4.15. The first-order valence-electron chi connectivity index (χ1n) is 5.68. The Hall–Kier alpha value is -1.34. The van der Waals surface area contributed by atoms with Crippen LogP contribution in [-0.2, 0) is 5.54 Å². The van der Waals surface area contributed by atoms with Crippen molar-refractivity contribution in [3.05, 3.63) is 11.2 Å². The Balaban J connectivity index is 1.89. The third-order valence-electron chi connectivity index (χ3n) is 3.20. The lowest BCUT2D eigenvalue weighted by Crippen LogP contribution is -2.39. The zero-order valence-electron chi connectivity index (χ0n) is 9.30. The van der Waals surface area contributed by atoms with E-state index in [1.54, 1.807) is 5.38 Å². The molecule has 1 saturated carbocycles. The van der Waals surface area contributed by atoms with Crippen molar-refractivity contribution < 1.29 is 4.52 Å². The Kier molecular flexibility index (Phi) is 2.64. The number of aromatic nitrogens is 4. The quantitative estimate of drug-likeness (QED) is 0.873. The van der Waals surface area contributed by atoms with Crippen molar-refractivity contribution in [2.75, 3.05) is 0 Å². The zero-order valence-corrected chi connectivity index (χ0v) is 10.1. The van der Waals surface area contributed by atoms with Crippen LogP contribution in [0.4, 0.5) is 0 Å². The molecule has 1 aliphatic carbocycles. The molecule has 0 atom stereocenters. The first-order valence-corrected chi connectivity index (χ1v) is 6.52. The van der Waals surface area contributed by atoms with Crippen LogP contribution in [0.1, 0.15) is 37.9 Å². The van der Waals surface area contributed by atoms with E-state index >= 15 is 0 Å². The van der Waals surface area contributed by atoms with Crippen molar-refractivity contribution in [2.24, 2.45) is 5.73 Å². The maximum atomic E-state index is 6.33. The van der Waals surface area contributed by atoms with E-state index < -0.39 is 5.54 Å². The molecule has 0 aromatic carbocycles. The number of hydrogen-bond acceptors (Lipinski definition) is 7.